The van der Waals surface area contributed by atoms with Gasteiger partial charge in [0.25, 0.3) is 0 Å². The van der Waals surface area contributed by atoms with Gasteiger partial charge in [-0.25, -0.2) is 0 Å². The van der Waals surface area contributed by atoms with Crippen LogP contribution < -0.4 is 5.32 Å². The molecule has 5 heteroatoms. The highest BCUT2D eigenvalue weighted by molar-refractivity contribution is 7.99. The van der Waals surface area contributed by atoms with Gasteiger partial charge in [0.1, 0.15) is 0 Å². The van der Waals surface area contributed by atoms with Crippen molar-refractivity contribution >= 4 is 29.1 Å². The molecule has 0 amide bonds. The molecule has 1 atom stereocenters. The third-order valence-electron chi connectivity index (χ3n) is 2.36. The molecule has 0 bridgehead atoms. The Bertz CT molecular complexity index is 184. The van der Waals surface area contributed by atoms with Crippen molar-refractivity contribution in [3.8, 4) is 0 Å². The Labute approximate surface area is 95.6 Å². The number of hydrogen-bond donors (Lipinski definition) is 1. The molecule has 0 aromatic heterocycles. The lowest BCUT2D eigenvalue weighted by atomic mass is 10.2. The van der Waals surface area contributed by atoms with Crippen LogP contribution in [0.3, 0.4) is 0 Å². The third kappa shape index (κ3) is 3.63. The normalized spacial score (nSPS) is 20.9. The van der Waals surface area contributed by atoms with E-state index in [-0.39, 0.29) is 0 Å². The quantitative estimate of drug-likeness (QED) is 0.577. The third-order valence-corrected chi connectivity index (χ3v) is 3.93. The molecule has 3 nitrogen and oxygen atoms in total. The predicted molar refractivity (Wildman–Crippen MR) is 66.0 cm³/mol. The first kappa shape index (κ1) is 12.1. The number of thiocarbonyl (C=S) groups is 1. The van der Waals surface area contributed by atoms with E-state index in [0.29, 0.717) is 12.6 Å². The Morgan fingerprint density at radius 3 is 3.07 bits per heavy atom. The maximum absolute atomic E-state index is 5.28. The fourth-order valence-corrected chi connectivity index (χ4v) is 2.90. The average molecular weight is 234 g/mol. The highest BCUT2D eigenvalue weighted by Crippen LogP contribution is 2.21. The zero-order valence-corrected chi connectivity index (χ0v) is 10.4. The second-order valence-corrected chi connectivity index (χ2v) is 4.89. The molecule has 1 N–H and O–H groups in total. The monoisotopic (exact) mass is 234 g/mol. The Kier molecular flexibility index (Phi) is 5.59. The standard InChI is InChI=1S/C9H18N2OS2/c1-11(8-3-6-14-7-8)9(13)10-4-5-12-2/h8H,3-7H2,1-2H3,(H,10,13). The van der Waals surface area contributed by atoms with Crippen LogP contribution in [-0.4, -0.2) is 54.9 Å². The molecule has 82 valence electrons. The zero-order chi connectivity index (χ0) is 10.4. The summed E-state index contributed by atoms with van der Waals surface area (Å²) in [6, 6.07) is 0.613. The molecule has 1 aliphatic heterocycles. The molecule has 0 spiro atoms. The van der Waals surface area contributed by atoms with E-state index in [1.54, 1.807) is 7.11 Å². The van der Waals surface area contributed by atoms with Gasteiger partial charge in [0.2, 0.25) is 0 Å². The molecule has 1 rings (SSSR count). The Balaban J connectivity index is 2.21. The highest BCUT2D eigenvalue weighted by atomic mass is 32.2. The van der Waals surface area contributed by atoms with Crippen LogP contribution in [0.25, 0.3) is 0 Å². The Morgan fingerprint density at radius 1 is 1.71 bits per heavy atom. The minimum atomic E-state index is 0.613. The first-order chi connectivity index (χ1) is 6.75. The van der Waals surface area contributed by atoms with Crippen LogP contribution in [0.5, 0.6) is 0 Å². The summed E-state index contributed by atoms with van der Waals surface area (Å²) in [5, 5.41) is 4.03. The lowest BCUT2D eigenvalue weighted by Crippen LogP contribution is -2.44. The molecule has 1 fully saturated rings. The van der Waals surface area contributed by atoms with Crippen molar-refractivity contribution in [3.63, 3.8) is 0 Å². The van der Waals surface area contributed by atoms with Gasteiger partial charge in [-0.1, -0.05) is 0 Å². The van der Waals surface area contributed by atoms with Gasteiger partial charge in [0.15, 0.2) is 5.11 Å². The van der Waals surface area contributed by atoms with Gasteiger partial charge in [-0.2, -0.15) is 11.8 Å². The van der Waals surface area contributed by atoms with Crippen molar-refractivity contribution in [1.29, 1.82) is 0 Å². The van der Waals surface area contributed by atoms with Gasteiger partial charge < -0.3 is 15.0 Å². The van der Waals surface area contributed by atoms with E-state index in [1.165, 1.54) is 17.9 Å². The maximum Gasteiger partial charge on any atom is 0.169 e. The van der Waals surface area contributed by atoms with E-state index < -0.39 is 0 Å². The summed E-state index contributed by atoms with van der Waals surface area (Å²) in [7, 11) is 3.76. The minimum Gasteiger partial charge on any atom is -0.383 e. The van der Waals surface area contributed by atoms with E-state index in [9.17, 15) is 0 Å². The molecular formula is C9H18N2OS2. The van der Waals surface area contributed by atoms with Gasteiger partial charge in [-0.05, 0) is 24.4 Å². The number of ether oxygens (including phenoxy) is 1. The summed E-state index contributed by atoms with van der Waals surface area (Å²) in [6.07, 6.45) is 1.24. The lowest BCUT2D eigenvalue weighted by Gasteiger charge is -2.26. The van der Waals surface area contributed by atoms with Gasteiger partial charge in [0, 0.05) is 32.5 Å². The zero-order valence-electron chi connectivity index (χ0n) is 8.78. The first-order valence-corrected chi connectivity index (χ1v) is 6.39. The average Bonchev–Trinajstić information content (AvgIpc) is 2.69. The molecule has 0 aromatic carbocycles. The second-order valence-electron chi connectivity index (χ2n) is 3.35. The van der Waals surface area contributed by atoms with Crippen molar-refractivity contribution in [3.05, 3.63) is 0 Å². The number of nitrogens with zero attached hydrogens (tertiary/aromatic N) is 1. The van der Waals surface area contributed by atoms with E-state index in [2.05, 4.69) is 17.3 Å². The summed E-state index contributed by atoms with van der Waals surface area (Å²) >= 11 is 7.28. The molecular weight excluding hydrogens is 216 g/mol. The van der Waals surface area contributed by atoms with Crippen LogP contribution in [0.15, 0.2) is 0 Å². The minimum absolute atomic E-state index is 0.613. The SMILES string of the molecule is COCCNC(=S)N(C)C1CCSC1. The number of methoxy groups -OCH3 is 1. The Morgan fingerprint density at radius 2 is 2.50 bits per heavy atom. The maximum atomic E-state index is 5.28. The van der Waals surface area contributed by atoms with Crippen molar-refractivity contribution in [2.45, 2.75) is 12.5 Å². The molecule has 1 aliphatic rings. The fourth-order valence-electron chi connectivity index (χ4n) is 1.38. The Hall–Kier alpha value is 0. The van der Waals surface area contributed by atoms with Crippen molar-refractivity contribution in [2.75, 3.05) is 38.8 Å². The number of rotatable bonds is 4. The molecule has 1 saturated heterocycles. The van der Waals surface area contributed by atoms with Gasteiger partial charge in [0.05, 0.1) is 6.61 Å². The smallest absolute Gasteiger partial charge is 0.169 e. The van der Waals surface area contributed by atoms with Crippen LogP contribution in [0, 0.1) is 0 Å². The number of nitrogens with one attached hydrogen (secondary N) is 1. The summed E-state index contributed by atoms with van der Waals surface area (Å²) in [5.41, 5.74) is 0. The highest BCUT2D eigenvalue weighted by Gasteiger charge is 2.21. The van der Waals surface area contributed by atoms with Crippen LogP contribution >= 0.6 is 24.0 Å². The fraction of sp³-hybridized carbons (Fsp3) is 0.889. The molecule has 0 aliphatic carbocycles. The van der Waals surface area contributed by atoms with E-state index in [4.69, 9.17) is 17.0 Å². The summed E-state index contributed by atoms with van der Waals surface area (Å²) in [5.74, 6) is 2.46. The largest absolute Gasteiger partial charge is 0.383 e. The second kappa shape index (κ2) is 6.48. The van der Waals surface area contributed by atoms with Crippen molar-refractivity contribution in [1.82, 2.24) is 10.2 Å². The van der Waals surface area contributed by atoms with Crippen molar-refractivity contribution < 1.29 is 4.74 Å². The van der Waals surface area contributed by atoms with E-state index in [0.717, 1.165) is 11.7 Å². The molecule has 0 saturated carbocycles. The van der Waals surface area contributed by atoms with Gasteiger partial charge in [-0.3, -0.25) is 0 Å². The van der Waals surface area contributed by atoms with Crippen LogP contribution in [0.4, 0.5) is 0 Å². The molecule has 0 radical (unpaired) electrons. The first-order valence-electron chi connectivity index (χ1n) is 4.83. The van der Waals surface area contributed by atoms with Crippen LogP contribution in [0.2, 0.25) is 0 Å². The predicted octanol–water partition coefficient (Wildman–Crippen LogP) is 0.945. The van der Waals surface area contributed by atoms with E-state index in [1.807, 2.05) is 11.8 Å². The molecule has 1 heterocycles. The molecule has 1 unspecified atom stereocenters. The van der Waals surface area contributed by atoms with E-state index >= 15 is 0 Å². The van der Waals surface area contributed by atoms with Crippen LogP contribution in [-0.2, 0) is 4.74 Å². The lowest BCUT2D eigenvalue weighted by molar-refractivity contribution is 0.203. The van der Waals surface area contributed by atoms with Crippen molar-refractivity contribution in [2.24, 2.45) is 0 Å². The number of thioether (sulfide) groups is 1. The summed E-state index contributed by atoms with van der Waals surface area (Å²) in [6.45, 7) is 1.49. The summed E-state index contributed by atoms with van der Waals surface area (Å²) in [4.78, 5) is 2.17. The summed E-state index contributed by atoms with van der Waals surface area (Å²) < 4.78 is 4.95. The van der Waals surface area contributed by atoms with Gasteiger partial charge in [-0.15, -0.1) is 0 Å². The molecule has 14 heavy (non-hydrogen) atoms. The molecule has 0 aromatic rings. The number of hydrogen-bond acceptors (Lipinski definition) is 3. The van der Waals surface area contributed by atoms with Gasteiger partial charge >= 0.3 is 0 Å². The van der Waals surface area contributed by atoms with Crippen LogP contribution in [0.1, 0.15) is 6.42 Å². The topological polar surface area (TPSA) is 24.5 Å².